The van der Waals surface area contributed by atoms with Gasteiger partial charge in [0.25, 0.3) is 0 Å². The van der Waals surface area contributed by atoms with Crippen molar-refractivity contribution in [1.29, 1.82) is 0 Å². The highest BCUT2D eigenvalue weighted by molar-refractivity contribution is 5.81. The minimum absolute atomic E-state index is 0.0562. The molecular formula is C18H29N3O5. The number of rotatable bonds is 8. The Balaban J connectivity index is 1.98. The molecule has 8 nitrogen and oxygen atoms in total. The van der Waals surface area contributed by atoms with Crippen LogP contribution in [0.3, 0.4) is 0 Å². The Hall–Kier alpha value is -2.03. The van der Waals surface area contributed by atoms with Gasteiger partial charge in [0.15, 0.2) is 11.5 Å². The van der Waals surface area contributed by atoms with Crippen molar-refractivity contribution >= 4 is 5.91 Å². The summed E-state index contributed by atoms with van der Waals surface area (Å²) in [4.78, 5) is 16.3. The largest absolute Gasteiger partial charge is 0.493 e. The predicted molar refractivity (Wildman–Crippen MR) is 97.8 cm³/mol. The molecule has 1 atom stereocenters. The van der Waals surface area contributed by atoms with Crippen LogP contribution in [0.25, 0.3) is 0 Å². The molecule has 0 aliphatic carbocycles. The first-order valence-electron chi connectivity index (χ1n) is 8.58. The predicted octanol–water partition coefficient (Wildman–Crippen LogP) is 0.330. The van der Waals surface area contributed by atoms with Crippen LogP contribution < -0.4 is 19.9 Å². The Morgan fingerprint density at radius 3 is 2.08 bits per heavy atom. The van der Waals surface area contributed by atoms with Crippen molar-refractivity contribution in [2.45, 2.75) is 12.6 Å². The Morgan fingerprint density at radius 2 is 1.62 bits per heavy atom. The second-order valence-corrected chi connectivity index (χ2v) is 6.20. The van der Waals surface area contributed by atoms with Crippen LogP contribution in [-0.2, 0) is 16.1 Å². The monoisotopic (exact) mass is 367 g/mol. The molecule has 1 aromatic carbocycles. The molecule has 1 aliphatic heterocycles. The quantitative estimate of drug-likeness (QED) is 0.708. The molecule has 146 valence electrons. The number of benzene rings is 1. The molecule has 0 saturated carbocycles. The number of methoxy groups -OCH3 is 4. The van der Waals surface area contributed by atoms with Gasteiger partial charge in [-0.25, -0.2) is 0 Å². The Bertz CT molecular complexity index is 577. The Kier molecular flexibility index (Phi) is 7.50. The van der Waals surface area contributed by atoms with E-state index in [4.69, 9.17) is 24.7 Å². The molecule has 0 spiro atoms. The standard InChI is InChI=1S/C18H29N3O5/c1-23-12-14(19)18(22)21-7-5-20(6-8-21)11-13-9-15(24-2)17(26-4)16(10-13)25-3/h9-10,14H,5-8,11-12,19H2,1-4H3. The van der Waals surface area contributed by atoms with Gasteiger partial charge in [-0.1, -0.05) is 0 Å². The van der Waals surface area contributed by atoms with Gasteiger partial charge < -0.3 is 29.6 Å². The molecule has 1 heterocycles. The van der Waals surface area contributed by atoms with Crippen molar-refractivity contribution in [3.63, 3.8) is 0 Å². The molecule has 2 rings (SSSR count). The first-order valence-corrected chi connectivity index (χ1v) is 8.58. The number of hydrogen-bond acceptors (Lipinski definition) is 7. The van der Waals surface area contributed by atoms with E-state index in [1.807, 2.05) is 12.1 Å². The Labute approximate surface area is 154 Å². The minimum atomic E-state index is -0.596. The third kappa shape index (κ3) is 4.78. The van der Waals surface area contributed by atoms with Gasteiger partial charge in [0, 0.05) is 39.8 Å². The second-order valence-electron chi connectivity index (χ2n) is 6.20. The summed E-state index contributed by atoms with van der Waals surface area (Å²) in [7, 11) is 6.34. The molecule has 8 heteroatoms. The maximum Gasteiger partial charge on any atom is 0.241 e. The molecule has 26 heavy (non-hydrogen) atoms. The zero-order chi connectivity index (χ0) is 19.1. The third-order valence-electron chi connectivity index (χ3n) is 4.48. The smallest absolute Gasteiger partial charge is 0.241 e. The number of nitrogens with two attached hydrogens (primary N) is 1. The number of nitrogens with zero attached hydrogens (tertiary/aromatic N) is 2. The van der Waals surface area contributed by atoms with Crippen molar-refractivity contribution in [2.75, 3.05) is 61.2 Å². The lowest BCUT2D eigenvalue weighted by Gasteiger charge is -2.36. The number of carbonyl (C=O) groups excluding carboxylic acids is 1. The van der Waals surface area contributed by atoms with Crippen LogP contribution in [0.2, 0.25) is 0 Å². The molecule has 2 N–H and O–H groups in total. The number of piperazine rings is 1. The van der Waals surface area contributed by atoms with Crippen molar-refractivity contribution in [2.24, 2.45) is 5.73 Å². The van der Waals surface area contributed by atoms with E-state index in [1.165, 1.54) is 0 Å². The molecular weight excluding hydrogens is 338 g/mol. The van der Waals surface area contributed by atoms with E-state index in [2.05, 4.69) is 4.90 Å². The number of carbonyl (C=O) groups is 1. The molecule has 1 saturated heterocycles. The fourth-order valence-corrected chi connectivity index (χ4v) is 3.10. The lowest BCUT2D eigenvalue weighted by molar-refractivity contribution is -0.135. The van der Waals surface area contributed by atoms with E-state index in [0.29, 0.717) is 30.3 Å². The van der Waals surface area contributed by atoms with Crippen LogP contribution in [0, 0.1) is 0 Å². The van der Waals surface area contributed by atoms with E-state index >= 15 is 0 Å². The van der Waals surface area contributed by atoms with Gasteiger partial charge in [0.05, 0.1) is 27.9 Å². The van der Waals surface area contributed by atoms with Gasteiger partial charge in [-0.2, -0.15) is 0 Å². The number of ether oxygens (including phenoxy) is 4. The van der Waals surface area contributed by atoms with Gasteiger partial charge >= 0.3 is 0 Å². The van der Waals surface area contributed by atoms with Crippen LogP contribution in [0.1, 0.15) is 5.56 Å². The molecule has 0 bridgehead atoms. The number of hydrogen-bond donors (Lipinski definition) is 1. The summed E-state index contributed by atoms with van der Waals surface area (Å²) in [6, 6.07) is 3.31. The van der Waals surface area contributed by atoms with Crippen molar-refractivity contribution in [3.05, 3.63) is 17.7 Å². The lowest BCUT2D eigenvalue weighted by atomic mass is 10.1. The summed E-state index contributed by atoms with van der Waals surface area (Å²) >= 11 is 0. The van der Waals surface area contributed by atoms with Gasteiger partial charge in [0.2, 0.25) is 11.7 Å². The van der Waals surface area contributed by atoms with Crippen LogP contribution in [0.5, 0.6) is 17.2 Å². The van der Waals surface area contributed by atoms with Gasteiger partial charge in [0.1, 0.15) is 6.04 Å². The molecule has 0 aromatic heterocycles. The van der Waals surface area contributed by atoms with Crippen molar-refractivity contribution in [3.8, 4) is 17.2 Å². The molecule has 1 unspecified atom stereocenters. The maximum absolute atomic E-state index is 12.2. The summed E-state index contributed by atoms with van der Waals surface area (Å²) in [6.07, 6.45) is 0. The molecule has 1 aliphatic rings. The summed E-state index contributed by atoms with van der Waals surface area (Å²) < 4.78 is 21.1. The zero-order valence-electron chi connectivity index (χ0n) is 16.0. The fraction of sp³-hybridized carbons (Fsp3) is 0.611. The third-order valence-corrected chi connectivity index (χ3v) is 4.48. The lowest BCUT2D eigenvalue weighted by Crippen LogP contribution is -2.53. The van der Waals surface area contributed by atoms with E-state index < -0.39 is 6.04 Å². The van der Waals surface area contributed by atoms with Crippen LogP contribution in [0.15, 0.2) is 12.1 Å². The summed E-state index contributed by atoms with van der Waals surface area (Å²) in [6.45, 7) is 3.85. The van der Waals surface area contributed by atoms with E-state index in [9.17, 15) is 4.79 Å². The highest BCUT2D eigenvalue weighted by atomic mass is 16.5. The second kappa shape index (κ2) is 9.61. The van der Waals surface area contributed by atoms with Gasteiger partial charge in [-0.05, 0) is 17.7 Å². The number of amides is 1. The molecule has 1 fully saturated rings. The van der Waals surface area contributed by atoms with E-state index in [1.54, 1.807) is 33.3 Å². The summed E-state index contributed by atoms with van der Waals surface area (Å²) in [5.41, 5.74) is 6.90. The topological polar surface area (TPSA) is 86.5 Å². The van der Waals surface area contributed by atoms with Crippen LogP contribution >= 0.6 is 0 Å². The van der Waals surface area contributed by atoms with Crippen LogP contribution in [0.4, 0.5) is 0 Å². The normalized spacial score (nSPS) is 16.3. The van der Waals surface area contributed by atoms with Gasteiger partial charge in [-0.15, -0.1) is 0 Å². The van der Waals surface area contributed by atoms with E-state index in [0.717, 1.165) is 25.2 Å². The van der Waals surface area contributed by atoms with Crippen molar-refractivity contribution < 1.29 is 23.7 Å². The minimum Gasteiger partial charge on any atom is -0.493 e. The molecule has 0 radical (unpaired) electrons. The molecule has 1 aromatic rings. The first kappa shape index (κ1) is 20.3. The highest BCUT2D eigenvalue weighted by Crippen LogP contribution is 2.38. The van der Waals surface area contributed by atoms with Crippen LogP contribution in [-0.4, -0.2) is 83.0 Å². The average molecular weight is 367 g/mol. The maximum atomic E-state index is 12.2. The Morgan fingerprint density at radius 1 is 1.04 bits per heavy atom. The SMILES string of the molecule is COCC(N)C(=O)N1CCN(Cc2cc(OC)c(OC)c(OC)c2)CC1. The summed E-state index contributed by atoms with van der Waals surface area (Å²) in [5, 5.41) is 0. The molecule has 1 amide bonds. The fourth-order valence-electron chi connectivity index (χ4n) is 3.10. The first-order chi connectivity index (χ1) is 12.5. The summed E-state index contributed by atoms with van der Waals surface area (Å²) in [5.74, 6) is 1.81. The average Bonchev–Trinajstić information content (AvgIpc) is 2.67. The zero-order valence-corrected chi connectivity index (χ0v) is 16.0. The highest BCUT2D eigenvalue weighted by Gasteiger charge is 2.25. The van der Waals surface area contributed by atoms with Crippen molar-refractivity contribution in [1.82, 2.24) is 9.80 Å². The van der Waals surface area contributed by atoms with Gasteiger partial charge in [-0.3, -0.25) is 9.69 Å². The van der Waals surface area contributed by atoms with E-state index in [-0.39, 0.29) is 12.5 Å².